The van der Waals surface area contributed by atoms with Gasteiger partial charge in [0.25, 0.3) is 0 Å². The highest BCUT2D eigenvalue weighted by molar-refractivity contribution is 6.30. The maximum atomic E-state index is 12.2. The van der Waals surface area contributed by atoms with Crippen molar-refractivity contribution >= 4 is 23.2 Å². The lowest BCUT2D eigenvalue weighted by atomic mass is 10.1. The minimum atomic E-state index is -0.0814. The second-order valence-corrected chi connectivity index (χ2v) is 5.60. The van der Waals surface area contributed by atoms with Gasteiger partial charge in [0.2, 0.25) is 5.91 Å². The topological polar surface area (TPSA) is 47.6 Å². The molecular formula is C17H16ClNO3. The van der Waals surface area contributed by atoms with Gasteiger partial charge in [-0.2, -0.15) is 0 Å². The predicted octanol–water partition coefficient (Wildman–Crippen LogP) is 3.60. The highest BCUT2D eigenvalue weighted by Crippen LogP contribution is 2.31. The zero-order valence-electron chi connectivity index (χ0n) is 12.2. The standard InChI is InChI=1S/C17H16ClNO3/c1-11-8-13(18)3-4-14(11)19-17(20)10-12-2-5-15-16(9-12)22-7-6-21-15/h2-5,8-9H,6-7,10H2,1H3,(H,19,20). The van der Waals surface area contributed by atoms with Gasteiger partial charge in [-0.1, -0.05) is 17.7 Å². The van der Waals surface area contributed by atoms with Crippen molar-refractivity contribution in [3.63, 3.8) is 0 Å². The number of rotatable bonds is 3. The number of hydrogen-bond donors (Lipinski definition) is 1. The van der Waals surface area contributed by atoms with Crippen LogP contribution in [0.5, 0.6) is 11.5 Å². The molecule has 5 heteroatoms. The Morgan fingerprint density at radius 1 is 1.14 bits per heavy atom. The third-order valence-electron chi connectivity index (χ3n) is 3.43. The minimum absolute atomic E-state index is 0.0814. The van der Waals surface area contributed by atoms with Crippen LogP contribution in [-0.2, 0) is 11.2 Å². The Bertz CT molecular complexity index is 715. The monoisotopic (exact) mass is 317 g/mol. The lowest BCUT2D eigenvalue weighted by molar-refractivity contribution is -0.115. The molecule has 0 radical (unpaired) electrons. The second-order valence-electron chi connectivity index (χ2n) is 5.16. The molecule has 1 aliphatic heterocycles. The summed E-state index contributed by atoms with van der Waals surface area (Å²) < 4.78 is 11.0. The fourth-order valence-electron chi connectivity index (χ4n) is 2.34. The van der Waals surface area contributed by atoms with Gasteiger partial charge in [0, 0.05) is 10.7 Å². The first-order chi connectivity index (χ1) is 10.6. The molecule has 1 amide bonds. The Morgan fingerprint density at radius 3 is 2.68 bits per heavy atom. The van der Waals surface area contributed by atoms with E-state index in [4.69, 9.17) is 21.1 Å². The molecule has 0 aliphatic carbocycles. The lowest BCUT2D eigenvalue weighted by Crippen LogP contribution is -2.17. The molecule has 0 spiro atoms. The maximum Gasteiger partial charge on any atom is 0.228 e. The molecule has 0 fully saturated rings. The average molecular weight is 318 g/mol. The van der Waals surface area contributed by atoms with Crippen LogP contribution in [0, 0.1) is 6.92 Å². The van der Waals surface area contributed by atoms with Gasteiger partial charge in [-0.25, -0.2) is 0 Å². The largest absolute Gasteiger partial charge is 0.486 e. The van der Waals surface area contributed by atoms with Crippen molar-refractivity contribution in [2.45, 2.75) is 13.3 Å². The van der Waals surface area contributed by atoms with Crippen LogP contribution in [0.4, 0.5) is 5.69 Å². The fraction of sp³-hybridized carbons (Fsp3) is 0.235. The Kier molecular flexibility index (Phi) is 4.20. The molecule has 4 nitrogen and oxygen atoms in total. The molecule has 0 bridgehead atoms. The summed E-state index contributed by atoms with van der Waals surface area (Å²) in [4.78, 5) is 12.2. The van der Waals surface area contributed by atoms with E-state index in [-0.39, 0.29) is 12.3 Å². The zero-order chi connectivity index (χ0) is 15.5. The lowest BCUT2D eigenvalue weighted by Gasteiger charge is -2.18. The number of carbonyl (C=O) groups excluding carboxylic acids is 1. The average Bonchev–Trinajstić information content (AvgIpc) is 2.50. The molecule has 0 aromatic heterocycles. The van der Waals surface area contributed by atoms with Crippen LogP contribution < -0.4 is 14.8 Å². The van der Waals surface area contributed by atoms with Gasteiger partial charge in [-0.15, -0.1) is 0 Å². The van der Waals surface area contributed by atoms with Crippen molar-refractivity contribution in [1.82, 2.24) is 0 Å². The van der Waals surface area contributed by atoms with Crippen LogP contribution in [0.2, 0.25) is 5.02 Å². The third kappa shape index (κ3) is 3.34. The predicted molar refractivity (Wildman–Crippen MR) is 86.0 cm³/mol. The number of hydrogen-bond acceptors (Lipinski definition) is 3. The van der Waals surface area contributed by atoms with Gasteiger partial charge in [0.15, 0.2) is 11.5 Å². The molecule has 2 aromatic rings. The smallest absolute Gasteiger partial charge is 0.228 e. The molecule has 0 atom stereocenters. The number of anilines is 1. The molecule has 22 heavy (non-hydrogen) atoms. The number of carbonyl (C=O) groups is 1. The molecule has 0 unspecified atom stereocenters. The van der Waals surface area contributed by atoms with Crippen LogP contribution >= 0.6 is 11.6 Å². The Labute approximate surface area is 134 Å². The van der Waals surface area contributed by atoms with Gasteiger partial charge >= 0.3 is 0 Å². The first-order valence-electron chi connectivity index (χ1n) is 7.06. The van der Waals surface area contributed by atoms with E-state index in [1.807, 2.05) is 31.2 Å². The van der Waals surface area contributed by atoms with E-state index in [2.05, 4.69) is 5.32 Å². The molecule has 1 aliphatic rings. The number of halogens is 1. The van der Waals surface area contributed by atoms with Gasteiger partial charge < -0.3 is 14.8 Å². The summed E-state index contributed by atoms with van der Waals surface area (Å²) >= 11 is 5.91. The second kappa shape index (κ2) is 6.28. The molecule has 0 saturated heterocycles. The molecule has 1 N–H and O–H groups in total. The van der Waals surface area contributed by atoms with Crippen LogP contribution in [-0.4, -0.2) is 19.1 Å². The van der Waals surface area contributed by atoms with E-state index in [9.17, 15) is 4.79 Å². The molecule has 3 rings (SSSR count). The van der Waals surface area contributed by atoms with E-state index in [0.717, 1.165) is 22.6 Å². The number of amides is 1. The van der Waals surface area contributed by atoms with Gasteiger partial charge in [-0.3, -0.25) is 4.79 Å². The fourth-order valence-corrected chi connectivity index (χ4v) is 2.57. The number of aryl methyl sites for hydroxylation is 1. The first-order valence-corrected chi connectivity index (χ1v) is 7.44. The van der Waals surface area contributed by atoms with Crippen molar-refractivity contribution in [2.24, 2.45) is 0 Å². The maximum absolute atomic E-state index is 12.2. The Balaban J connectivity index is 1.69. The normalized spacial score (nSPS) is 12.8. The summed E-state index contributed by atoms with van der Waals surface area (Å²) in [5, 5.41) is 3.55. The summed E-state index contributed by atoms with van der Waals surface area (Å²) in [5.41, 5.74) is 2.59. The van der Waals surface area contributed by atoms with Crippen molar-refractivity contribution in [2.75, 3.05) is 18.5 Å². The number of ether oxygens (including phenoxy) is 2. The summed E-state index contributed by atoms with van der Waals surface area (Å²) in [7, 11) is 0. The number of fused-ring (bicyclic) bond motifs is 1. The number of benzene rings is 2. The van der Waals surface area contributed by atoms with Crippen molar-refractivity contribution < 1.29 is 14.3 Å². The van der Waals surface area contributed by atoms with Gasteiger partial charge in [0.1, 0.15) is 13.2 Å². The molecule has 114 valence electrons. The van der Waals surface area contributed by atoms with E-state index in [1.165, 1.54) is 0 Å². The Morgan fingerprint density at radius 2 is 1.91 bits per heavy atom. The highest BCUT2D eigenvalue weighted by atomic mass is 35.5. The van der Waals surface area contributed by atoms with Gasteiger partial charge in [0.05, 0.1) is 6.42 Å². The Hall–Kier alpha value is -2.20. The van der Waals surface area contributed by atoms with Crippen LogP contribution in [0.15, 0.2) is 36.4 Å². The minimum Gasteiger partial charge on any atom is -0.486 e. The van der Waals surface area contributed by atoms with Crippen molar-refractivity contribution in [3.05, 3.63) is 52.5 Å². The third-order valence-corrected chi connectivity index (χ3v) is 3.67. The summed E-state index contributed by atoms with van der Waals surface area (Å²) in [6, 6.07) is 10.9. The summed E-state index contributed by atoms with van der Waals surface area (Å²) in [5.74, 6) is 1.34. The van der Waals surface area contributed by atoms with E-state index in [0.29, 0.717) is 24.0 Å². The van der Waals surface area contributed by atoms with Gasteiger partial charge in [-0.05, 0) is 48.4 Å². The van der Waals surface area contributed by atoms with E-state index < -0.39 is 0 Å². The SMILES string of the molecule is Cc1cc(Cl)ccc1NC(=O)Cc1ccc2c(c1)OCCO2. The number of nitrogens with one attached hydrogen (secondary N) is 1. The summed E-state index contributed by atoms with van der Waals surface area (Å²) in [6.07, 6.45) is 0.276. The molecular weight excluding hydrogens is 302 g/mol. The quantitative estimate of drug-likeness (QED) is 0.941. The molecule has 0 saturated carbocycles. The first kappa shape index (κ1) is 14.7. The van der Waals surface area contributed by atoms with Crippen LogP contribution in [0.1, 0.15) is 11.1 Å². The van der Waals surface area contributed by atoms with Crippen molar-refractivity contribution in [3.8, 4) is 11.5 Å². The van der Waals surface area contributed by atoms with Crippen LogP contribution in [0.3, 0.4) is 0 Å². The highest BCUT2D eigenvalue weighted by Gasteiger charge is 2.13. The van der Waals surface area contributed by atoms with E-state index in [1.54, 1.807) is 12.1 Å². The van der Waals surface area contributed by atoms with E-state index >= 15 is 0 Å². The van der Waals surface area contributed by atoms with Crippen LogP contribution in [0.25, 0.3) is 0 Å². The van der Waals surface area contributed by atoms with Crippen molar-refractivity contribution in [1.29, 1.82) is 0 Å². The molecule has 1 heterocycles. The molecule has 2 aromatic carbocycles. The summed E-state index contributed by atoms with van der Waals surface area (Å²) in [6.45, 7) is 3.00. The zero-order valence-corrected chi connectivity index (χ0v) is 12.9.